The SMILES string of the molecule is CCn1c2ccccc2c2cc3c(cc21)C(=O)CS3.O=C1COc2ccc(Cl)cc21.O=C1COc2ccccc21.O=C1CSc2cc3c(cc21)OCO3.O=C1CSc2cc3c(cc21)oc1ccccc13.O=C1CSc2cc3c(cc21)sc1ccccc13.O=C1CSc2cc3ccccc3cc21.O=C1CSc2ccc3ccccc3c21.O=C1c2ccc3ccccc3c2SC1Br. The third kappa shape index (κ3) is 17.2. The molecule has 0 radical (unpaired) electrons. The van der Waals surface area contributed by atoms with Gasteiger partial charge < -0.3 is 27.9 Å². The van der Waals surface area contributed by atoms with Gasteiger partial charge in [-0.1, -0.05) is 179 Å². The Morgan fingerprint density at radius 2 is 0.831 bits per heavy atom. The largest absolute Gasteiger partial charge is 0.485 e. The molecule has 0 spiro atoms. The van der Waals surface area contributed by atoms with Crippen LogP contribution >= 0.6 is 121 Å². The van der Waals surface area contributed by atoms with Gasteiger partial charge in [0, 0.05) is 138 Å². The van der Waals surface area contributed by atoms with Gasteiger partial charge in [-0.25, -0.2) is 0 Å². The van der Waals surface area contributed by atoms with E-state index in [9.17, 15) is 43.2 Å². The van der Waals surface area contributed by atoms with Crippen molar-refractivity contribution in [1.82, 2.24) is 4.57 Å². The fourth-order valence-corrected chi connectivity index (χ4v) is 25.7. The molecule has 130 heavy (non-hydrogen) atoms. The molecule has 28 rings (SSSR count). The van der Waals surface area contributed by atoms with E-state index in [4.69, 9.17) is 35.0 Å². The van der Waals surface area contributed by atoms with Crippen molar-refractivity contribution in [3.8, 4) is 23.0 Å². The Balaban J connectivity index is 0.0000000920. The van der Waals surface area contributed by atoms with Crippen LogP contribution in [0, 0.1) is 0 Å². The molecule has 0 aliphatic carbocycles. The van der Waals surface area contributed by atoms with Crippen LogP contribution < -0.4 is 18.9 Å². The number of carbonyl (C=O) groups is 9. The standard InChI is InChI=1S/C16H13NOS.C14H8O2S.C14H8OS2.C12H7BrOS.2C12H8OS.C9H6O3S.C8H5ClO2.C8H6O2/c1-2-17-13-6-4-3-5-10(13)11-8-16-12(7-14(11)17)15(18)9-19-16;15-11-7-17-14-6-9-8-3-1-2-4-12(8)16-13(9)5-10(11)14;15-11-7-16-13-5-9-8-3-1-2-4-12(8)17-14(9)6-10(11)13;13-12-10(14)9-6-5-7-3-1-2-4-8(7)11(9)15-12;13-11-7-14-12-6-9-4-2-1-3-8(9)5-10(11)12;13-10-7-14-11-6-5-8-3-1-2-4-9(8)12(10)11;10-6-3-13-9-2-8-7(1-5(6)9)11-4-12-8;9-5-1-2-8-6(3-5)7(10)4-11-8;9-7-5-10-8-4-2-1-3-6(7)8/h3-8H,2,9H2,1H3;2*1-6H,7H2;1-6,12H;2*1-6H,7H2;1-2H,3-4H2;1-3H,4H2;1-4H,5H2. The van der Waals surface area contributed by atoms with E-state index < -0.39 is 0 Å². The van der Waals surface area contributed by atoms with Gasteiger partial charge in [-0.05, 0) is 161 Å². The van der Waals surface area contributed by atoms with E-state index in [-0.39, 0.29) is 76.2 Å². The van der Waals surface area contributed by atoms with Crippen molar-refractivity contribution in [3.63, 3.8) is 0 Å². The van der Waals surface area contributed by atoms with Crippen LogP contribution in [0.5, 0.6) is 23.0 Å². The zero-order valence-corrected chi connectivity index (χ0v) is 77.7. The lowest BCUT2D eigenvalue weighted by Crippen LogP contribution is -2.02. The van der Waals surface area contributed by atoms with Crippen LogP contribution in [-0.4, -0.2) is 115 Å². The lowest BCUT2D eigenvalue weighted by molar-refractivity contribution is 0.0954. The summed E-state index contributed by atoms with van der Waals surface area (Å²) in [6, 6.07) is 89.9. The molecular formula is C105H69BrClNO14S8. The van der Waals surface area contributed by atoms with E-state index in [0.29, 0.717) is 67.9 Å². The molecule has 15 nitrogen and oxygen atoms in total. The van der Waals surface area contributed by atoms with Gasteiger partial charge in [-0.3, -0.25) is 43.2 Å². The van der Waals surface area contributed by atoms with Crippen molar-refractivity contribution >= 4 is 269 Å². The highest BCUT2D eigenvalue weighted by Gasteiger charge is 2.33. The summed E-state index contributed by atoms with van der Waals surface area (Å²) in [5.74, 6) is 7.98. The first-order valence-electron chi connectivity index (χ1n) is 41.4. The minimum Gasteiger partial charge on any atom is -0.485 e. The monoisotopic (exact) mass is 1940 g/mol. The third-order valence-corrected chi connectivity index (χ3v) is 32.8. The molecule has 1 unspecified atom stereocenters. The highest BCUT2D eigenvalue weighted by atomic mass is 79.9. The number of carbonyl (C=O) groups excluding carboxylic acids is 9. The smallest absolute Gasteiger partial charge is 0.231 e. The zero-order valence-electron chi connectivity index (χ0n) is 68.8. The lowest BCUT2D eigenvalue weighted by atomic mass is 10.0. The number of rotatable bonds is 1. The van der Waals surface area contributed by atoms with Crippen molar-refractivity contribution in [1.29, 1.82) is 0 Å². The number of aromatic nitrogens is 1. The van der Waals surface area contributed by atoms with Crippen molar-refractivity contribution in [2.75, 3.05) is 54.5 Å². The molecule has 0 amide bonds. The van der Waals surface area contributed by atoms with Crippen LogP contribution in [-0.2, 0) is 6.54 Å². The number of thioether (sulfide) groups is 7. The van der Waals surface area contributed by atoms with E-state index in [1.54, 1.807) is 130 Å². The Morgan fingerprint density at radius 1 is 0.331 bits per heavy atom. The van der Waals surface area contributed by atoms with Gasteiger partial charge in [-0.2, -0.15) is 0 Å². The Hall–Kier alpha value is -11.7. The molecule has 10 aliphatic rings. The Labute approximate surface area is 790 Å². The number of para-hydroxylation sites is 3. The normalized spacial score (nSPS) is 15.5. The number of benzene rings is 15. The molecule has 0 bridgehead atoms. The van der Waals surface area contributed by atoms with Crippen LogP contribution in [0.15, 0.2) is 312 Å². The Kier molecular flexibility index (Phi) is 24.8. The summed E-state index contributed by atoms with van der Waals surface area (Å²) in [6.45, 7) is 3.69. The van der Waals surface area contributed by atoms with Crippen molar-refractivity contribution in [2.24, 2.45) is 0 Å². The first-order valence-corrected chi connectivity index (χ1v) is 50.3. The minimum atomic E-state index is -0.113. The maximum Gasteiger partial charge on any atom is 0.231 e. The quantitative estimate of drug-likeness (QED) is 0.140. The van der Waals surface area contributed by atoms with Crippen LogP contribution in [0.2, 0.25) is 5.02 Å². The summed E-state index contributed by atoms with van der Waals surface area (Å²) in [5.41, 5.74) is 11.5. The summed E-state index contributed by atoms with van der Waals surface area (Å²) in [7, 11) is 0. The van der Waals surface area contributed by atoms with Gasteiger partial charge in [0.1, 0.15) is 26.8 Å². The average Bonchev–Trinajstić information content (AvgIpc) is 1.59. The second-order valence-electron chi connectivity index (χ2n) is 30.9. The first-order chi connectivity index (χ1) is 63.4. The summed E-state index contributed by atoms with van der Waals surface area (Å²) in [6.07, 6.45) is 0. The number of alkyl halides is 1. The lowest BCUT2D eigenvalue weighted by Gasteiger charge is -2.04. The maximum atomic E-state index is 11.9. The number of aryl methyl sites for hydroxylation is 1. The number of thiophene rings is 1. The predicted octanol–water partition coefficient (Wildman–Crippen LogP) is 27.3. The van der Waals surface area contributed by atoms with Crippen molar-refractivity contribution in [2.45, 2.75) is 51.9 Å². The van der Waals surface area contributed by atoms with E-state index in [1.165, 1.54) is 58.1 Å². The van der Waals surface area contributed by atoms with Gasteiger partial charge in [0.05, 0.1) is 45.6 Å². The molecular weight excluding hydrogens is 1870 g/mol. The summed E-state index contributed by atoms with van der Waals surface area (Å²) >= 11 is 22.2. The molecule has 0 saturated heterocycles. The molecule has 3 aromatic heterocycles. The number of nitrogens with zero attached hydrogens (tertiary/aromatic N) is 1. The molecule has 0 N–H and O–H groups in total. The molecule has 1 atom stereocenters. The number of hydrogen-bond donors (Lipinski definition) is 0. The summed E-state index contributed by atoms with van der Waals surface area (Å²) in [4.78, 5) is 111. The van der Waals surface area contributed by atoms with Gasteiger partial charge in [0.2, 0.25) is 18.4 Å². The number of Topliss-reactive ketones (excluding diaryl/α,β-unsaturated/α-hetero) is 9. The maximum absolute atomic E-state index is 11.9. The zero-order chi connectivity index (χ0) is 89.0. The summed E-state index contributed by atoms with van der Waals surface area (Å²) < 4.78 is 31.0. The molecule has 25 heteroatoms. The van der Waals surface area contributed by atoms with Gasteiger partial charge >= 0.3 is 0 Å². The van der Waals surface area contributed by atoms with Gasteiger partial charge in [0.25, 0.3) is 0 Å². The molecule has 18 aromatic rings. The second-order valence-corrected chi connectivity index (χ2v) is 41.1. The topological polar surface area (TPSA) is 209 Å². The van der Waals surface area contributed by atoms with E-state index >= 15 is 0 Å². The number of halogens is 2. The van der Waals surface area contributed by atoms with Crippen molar-refractivity contribution < 1.29 is 66.5 Å². The van der Waals surface area contributed by atoms with E-state index in [1.807, 2.05) is 121 Å². The average molecular weight is 1940 g/mol. The predicted molar refractivity (Wildman–Crippen MR) is 533 cm³/mol. The number of ketones is 9. The highest BCUT2D eigenvalue weighted by Crippen LogP contribution is 2.48. The molecule has 0 saturated carbocycles. The molecule has 640 valence electrons. The summed E-state index contributed by atoms with van der Waals surface area (Å²) in [5, 5.41) is 14.9. The first kappa shape index (κ1) is 86.4. The molecule has 13 heterocycles. The van der Waals surface area contributed by atoms with Crippen LogP contribution in [0.3, 0.4) is 0 Å². The van der Waals surface area contributed by atoms with E-state index in [0.717, 1.165) is 124 Å². The fourth-order valence-electron chi connectivity index (χ4n) is 16.7. The molecule has 15 aromatic carbocycles. The van der Waals surface area contributed by atoms with Crippen LogP contribution in [0.1, 0.15) is 100 Å². The second kappa shape index (κ2) is 37.3. The highest BCUT2D eigenvalue weighted by molar-refractivity contribution is 9.11. The third-order valence-electron chi connectivity index (χ3n) is 23.0. The van der Waals surface area contributed by atoms with Crippen molar-refractivity contribution in [3.05, 3.63) is 328 Å². The molecule has 10 aliphatic heterocycles. The number of fused-ring (bicyclic) bond motifs is 24. The Morgan fingerprint density at radius 3 is 1.52 bits per heavy atom. The van der Waals surface area contributed by atoms with Gasteiger partial charge in [0.15, 0.2) is 65.2 Å². The molecule has 0 fully saturated rings. The van der Waals surface area contributed by atoms with Crippen LogP contribution in [0.25, 0.3) is 96.2 Å². The minimum absolute atomic E-state index is 0.00231. The van der Waals surface area contributed by atoms with Gasteiger partial charge in [-0.15, -0.1) is 93.7 Å². The number of hydrogen-bond acceptors (Lipinski definition) is 22. The van der Waals surface area contributed by atoms with E-state index in [2.05, 4.69) is 143 Å². The number of furan rings is 1. The fraction of sp³-hybridized carbons (Fsp3) is 0.114. The Bertz CT molecular complexity index is 7710. The number of ether oxygens (including phenoxy) is 4. The van der Waals surface area contributed by atoms with Crippen LogP contribution in [0.4, 0.5) is 0 Å².